The fraction of sp³-hybridized carbons (Fsp3) is 0.773. The molecule has 1 aromatic heterocycles. The molecule has 158 valence electrons. The van der Waals surface area contributed by atoms with Gasteiger partial charge < -0.3 is 9.64 Å². The van der Waals surface area contributed by atoms with Gasteiger partial charge in [-0.05, 0) is 19.3 Å². The summed E-state index contributed by atoms with van der Waals surface area (Å²) in [5.74, 6) is -0.170. The van der Waals surface area contributed by atoms with Gasteiger partial charge in [-0.25, -0.2) is 9.78 Å². The van der Waals surface area contributed by atoms with E-state index in [2.05, 4.69) is 11.9 Å². The number of esters is 1. The summed E-state index contributed by atoms with van der Waals surface area (Å²) >= 11 is 1.44. The first-order chi connectivity index (χ1) is 13.7. The maximum atomic E-state index is 13.0. The summed E-state index contributed by atoms with van der Waals surface area (Å²) in [4.78, 5) is 31.1. The highest BCUT2D eigenvalue weighted by Crippen LogP contribution is 2.26. The van der Waals surface area contributed by atoms with Gasteiger partial charge in [0, 0.05) is 17.8 Å². The molecule has 1 saturated carbocycles. The minimum Gasteiger partial charge on any atom is -0.464 e. The van der Waals surface area contributed by atoms with E-state index in [1.54, 1.807) is 5.38 Å². The van der Waals surface area contributed by atoms with Gasteiger partial charge in [0.15, 0.2) is 5.69 Å². The van der Waals surface area contributed by atoms with E-state index in [1.165, 1.54) is 69.8 Å². The number of methoxy groups -OCH3 is 1. The van der Waals surface area contributed by atoms with Gasteiger partial charge in [0.05, 0.1) is 13.7 Å². The van der Waals surface area contributed by atoms with E-state index in [0.29, 0.717) is 24.7 Å². The van der Waals surface area contributed by atoms with Crippen LogP contribution in [0.1, 0.15) is 106 Å². The van der Waals surface area contributed by atoms with E-state index in [1.807, 2.05) is 4.90 Å². The molecule has 0 spiro atoms. The Kier molecular flexibility index (Phi) is 10.5. The van der Waals surface area contributed by atoms with Crippen LogP contribution in [0.4, 0.5) is 0 Å². The van der Waals surface area contributed by atoms with Gasteiger partial charge in [0.25, 0.3) is 0 Å². The highest BCUT2D eigenvalue weighted by Gasteiger charge is 2.26. The van der Waals surface area contributed by atoms with Gasteiger partial charge in [0.1, 0.15) is 5.01 Å². The third-order valence-corrected chi connectivity index (χ3v) is 6.42. The summed E-state index contributed by atoms with van der Waals surface area (Å²) in [7, 11) is 1.36. The highest BCUT2D eigenvalue weighted by atomic mass is 32.1. The zero-order chi connectivity index (χ0) is 20.2. The van der Waals surface area contributed by atoms with Crippen LogP contribution < -0.4 is 0 Å². The van der Waals surface area contributed by atoms with Crippen molar-refractivity contribution in [2.45, 2.75) is 103 Å². The summed E-state index contributed by atoms with van der Waals surface area (Å²) in [5, 5.41) is 2.54. The van der Waals surface area contributed by atoms with Crippen molar-refractivity contribution < 1.29 is 14.3 Å². The molecule has 28 heavy (non-hydrogen) atoms. The number of hydrogen-bond acceptors (Lipinski definition) is 5. The lowest BCUT2D eigenvalue weighted by Crippen LogP contribution is -2.40. The van der Waals surface area contributed by atoms with Crippen molar-refractivity contribution in [3.63, 3.8) is 0 Å². The zero-order valence-electron chi connectivity index (χ0n) is 17.6. The molecule has 0 atom stereocenters. The number of ether oxygens (including phenoxy) is 1. The molecule has 0 bridgehead atoms. The summed E-state index contributed by atoms with van der Waals surface area (Å²) < 4.78 is 4.74. The molecule has 0 unspecified atom stereocenters. The molecule has 1 amide bonds. The normalized spacial score (nSPS) is 14.8. The fourth-order valence-corrected chi connectivity index (χ4v) is 4.68. The molecule has 2 rings (SSSR count). The Balaban J connectivity index is 1.88. The standard InChI is InChI=1S/C22H36N2O3S/c1-3-4-5-6-7-8-12-15-21(25)24(18-13-10-9-11-14-18)16-20-23-19(17-28-20)22(26)27-2/h17-18H,3-16H2,1-2H3. The van der Waals surface area contributed by atoms with E-state index in [0.717, 1.165) is 30.7 Å². The second-order valence-corrected chi connectivity index (χ2v) is 8.75. The molecule has 0 saturated heterocycles. The molecule has 0 aromatic carbocycles. The third-order valence-electron chi connectivity index (χ3n) is 5.58. The van der Waals surface area contributed by atoms with Gasteiger partial charge in [-0.2, -0.15) is 0 Å². The van der Waals surface area contributed by atoms with Crippen LogP contribution in [0.25, 0.3) is 0 Å². The Hall–Kier alpha value is -1.43. The van der Waals surface area contributed by atoms with E-state index in [-0.39, 0.29) is 5.91 Å². The van der Waals surface area contributed by atoms with E-state index in [9.17, 15) is 9.59 Å². The first kappa shape index (κ1) is 22.9. The van der Waals surface area contributed by atoms with Crippen LogP contribution in [-0.2, 0) is 16.1 Å². The molecule has 1 aliphatic carbocycles. The Morgan fingerprint density at radius 1 is 1.11 bits per heavy atom. The fourth-order valence-electron chi connectivity index (χ4n) is 3.92. The minimum atomic E-state index is -0.416. The molecule has 0 N–H and O–H groups in total. The lowest BCUT2D eigenvalue weighted by molar-refractivity contribution is -0.135. The van der Waals surface area contributed by atoms with Crippen molar-refractivity contribution in [2.75, 3.05) is 7.11 Å². The summed E-state index contributed by atoms with van der Waals surface area (Å²) in [6, 6.07) is 0.316. The largest absolute Gasteiger partial charge is 0.464 e. The van der Waals surface area contributed by atoms with Gasteiger partial charge >= 0.3 is 5.97 Å². The van der Waals surface area contributed by atoms with Gasteiger partial charge in [0.2, 0.25) is 5.91 Å². The van der Waals surface area contributed by atoms with Crippen LogP contribution in [0.3, 0.4) is 0 Å². The van der Waals surface area contributed by atoms with Crippen LogP contribution >= 0.6 is 11.3 Å². The molecular weight excluding hydrogens is 372 g/mol. The van der Waals surface area contributed by atoms with Crippen molar-refractivity contribution >= 4 is 23.2 Å². The topological polar surface area (TPSA) is 59.5 Å². The maximum Gasteiger partial charge on any atom is 0.357 e. The number of rotatable bonds is 12. The summed E-state index contributed by atoms with van der Waals surface area (Å²) in [5.41, 5.74) is 0.339. The average molecular weight is 409 g/mol. The lowest BCUT2D eigenvalue weighted by Gasteiger charge is -2.34. The van der Waals surface area contributed by atoms with E-state index >= 15 is 0 Å². The predicted molar refractivity (Wildman–Crippen MR) is 113 cm³/mol. The summed E-state index contributed by atoms with van der Waals surface area (Å²) in [6.45, 7) is 2.75. The first-order valence-electron chi connectivity index (χ1n) is 11.0. The quantitative estimate of drug-likeness (QED) is 0.327. The van der Waals surface area contributed by atoms with Crippen LogP contribution in [0.5, 0.6) is 0 Å². The van der Waals surface area contributed by atoms with Crippen molar-refractivity contribution in [2.24, 2.45) is 0 Å². The molecular formula is C22H36N2O3S. The molecule has 6 heteroatoms. The Labute approximate surface area is 173 Å². The number of nitrogens with zero attached hydrogens (tertiary/aromatic N) is 2. The van der Waals surface area contributed by atoms with E-state index in [4.69, 9.17) is 4.74 Å². The molecule has 5 nitrogen and oxygen atoms in total. The molecule has 1 fully saturated rings. The second-order valence-electron chi connectivity index (χ2n) is 7.80. The van der Waals surface area contributed by atoms with Crippen molar-refractivity contribution in [1.82, 2.24) is 9.88 Å². The lowest BCUT2D eigenvalue weighted by atomic mass is 9.93. The summed E-state index contributed by atoms with van der Waals surface area (Å²) in [6.07, 6.45) is 14.9. The van der Waals surface area contributed by atoms with Crippen LogP contribution in [-0.4, -0.2) is 34.9 Å². The Bertz CT molecular complexity index is 596. The van der Waals surface area contributed by atoms with Crippen molar-refractivity contribution in [3.05, 3.63) is 16.1 Å². The molecule has 1 aromatic rings. The monoisotopic (exact) mass is 408 g/mol. The smallest absolute Gasteiger partial charge is 0.357 e. The number of carbonyl (C=O) groups excluding carboxylic acids is 2. The number of carbonyl (C=O) groups is 2. The third kappa shape index (κ3) is 7.53. The Morgan fingerprint density at radius 3 is 2.46 bits per heavy atom. The number of thiazole rings is 1. The van der Waals surface area contributed by atoms with Crippen LogP contribution in [0, 0.1) is 0 Å². The van der Waals surface area contributed by atoms with Crippen molar-refractivity contribution in [1.29, 1.82) is 0 Å². The predicted octanol–water partition coefficient (Wildman–Crippen LogP) is 5.73. The number of amides is 1. The van der Waals surface area contributed by atoms with Crippen molar-refractivity contribution in [3.8, 4) is 0 Å². The number of hydrogen-bond donors (Lipinski definition) is 0. The van der Waals surface area contributed by atoms with Gasteiger partial charge in [-0.3, -0.25) is 4.79 Å². The molecule has 0 radical (unpaired) electrons. The van der Waals surface area contributed by atoms with Crippen LogP contribution in [0.2, 0.25) is 0 Å². The highest BCUT2D eigenvalue weighted by molar-refractivity contribution is 7.09. The maximum absolute atomic E-state index is 13.0. The SMILES string of the molecule is CCCCCCCCCC(=O)N(Cc1nc(C(=O)OC)cs1)C1CCCCC1. The molecule has 1 heterocycles. The average Bonchev–Trinajstić information content (AvgIpc) is 3.20. The first-order valence-corrected chi connectivity index (χ1v) is 11.9. The number of unbranched alkanes of at least 4 members (excludes halogenated alkanes) is 6. The molecule has 1 aliphatic rings. The number of aromatic nitrogens is 1. The van der Waals surface area contributed by atoms with Crippen LogP contribution in [0.15, 0.2) is 5.38 Å². The van der Waals surface area contributed by atoms with E-state index < -0.39 is 5.97 Å². The Morgan fingerprint density at radius 2 is 1.79 bits per heavy atom. The van der Waals surface area contributed by atoms with Gasteiger partial charge in [-0.15, -0.1) is 11.3 Å². The minimum absolute atomic E-state index is 0.246. The zero-order valence-corrected chi connectivity index (χ0v) is 18.4. The second kappa shape index (κ2) is 12.9. The molecule has 0 aliphatic heterocycles. The van der Waals surface area contributed by atoms with Gasteiger partial charge in [-0.1, -0.05) is 64.7 Å².